The quantitative estimate of drug-likeness (QED) is 0.726. The van der Waals surface area contributed by atoms with Gasteiger partial charge in [0, 0.05) is 41.3 Å². The van der Waals surface area contributed by atoms with Crippen molar-refractivity contribution in [2.45, 2.75) is 37.5 Å². The number of phenolic OH excluding ortho intramolecular Hbond substituents is 1. The zero-order valence-electron chi connectivity index (χ0n) is 15.3. The summed E-state index contributed by atoms with van der Waals surface area (Å²) in [5, 5.41) is 15.5. The number of halogens is 1. The van der Waals surface area contributed by atoms with E-state index >= 15 is 0 Å². The van der Waals surface area contributed by atoms with Crippen molar-refractivity contribution in [3.63, 3.8) is 0 Å². The molecule has 2 aromatic heterocycles. The summed E-state index contributed by atoms with van der Waals surface area (Å²) in [5.74, 6) is -0.0967. The molecule has 4 heterocycles. The van der Waals surface area contributed by atoms with E-state index in [9.17, 15) is 9.50 Å². The number of benzene rings is 1. The number of hydrogen-bond donors (Lipinski definition) is 2. The summed E-state index contributed by atoms with van der Waals surface area (Å²) < 4.78 is 14.8. The molecule has 6 heteroatoms. The third-order valence-corrected chi connectivity index (χ3v) is 6.04. The van der Waals surface area contributed by atoms with Gasteiger partial charge in [-0.2, -0.15) is 0 Å². The van der Waals surface area contributed by atoms with E-state index in [-0.39, 0.29) is 17.7 Å². The summed E-state index contributed by atoms with van der Waals surface area (Å²) in [6, 6.07) is 5.72. The summed E-state index contributed by atoms with van der Waals surface area (Å²) in [4.78, 5) is 13.0. The summed E-state index contributed by atoms with van der Waals surface area (Å²) in [6.45, 7) is 4.13. The first-order valence-corrected chi connectivity index (χ1v) is 9.58. The number of allylic oxidation sites excluding steroid dienone is 1. The molecular formula is C22H21FN4O. The Labute approximate surface area is 162 Å². The molecule has 0 amide bonds. The van der Waals surface area contributed by atoms with Crippen LogP contribution in [0, 0.1) is 5.92 Å². The minimum atomic E-state index is -0.939. The van der Waals surface area contributed by atoms with Crippen LogP contribution in [0.2, 0.25) is 0 Å². The Morgan fingerprint density at radius 1 is 1.14 bits per heavy atom. The summed E-state index contributed by atoms with van der Waals surface area (Å²) in [6.07, 6.45) is 8.38. The van der Waals surface area contributed by atoms with Gasteiger partial charge in [0.15, 0.2) is 0 Å². The maximum atomic E-state index is 14.8. The first kappa shape index (κ1) is 17.3. The van der Waals surface area contributed by atoms with Crippen LogP contribution in [0.4, 0.5) is 4.39 Å². The van der Waals surface area contributed by atoms with E-state index in [1.165, 1.54) is 0 Å². The molecule has 1 aromatic carbocycles. The van der Waals surface area contributed by atoms with Gasteiger partial charge in [-0.15, -0.1) is 0 Å². The number of rotatable bonds is 3. The number of fused-ring (bicyclic) bond motifs is 3. The van der Waals surface area contributed by atoms with Crippen LogP contribution in [0.5, 0.6) is 5.75 Å². The molecule has 4 atom stereocenters. The number of hydrogen-bond acceptors (Lipinski definition) is 5. The molecule has 2 aliphatic heterocycles. The van der Waals surface area contributed by atoms with Crippen molar-refractivity contribution in [1.29, 1.82) is 0 Å². The second-order valence-corrected chi connectivity index (χ2v) is 7.74. The first-order valence-electron chi connectivity index (χ1n) is 9.58. The van der Waals surface area contributed by atoms with Gasteiger partial charge in [-0.05, 0) is 48.4 Å². The van der Waals surface area contributed by atoms with E-state index in [0.29, 0.717) is 28.6 Å². The smallest absolute Gasteiger partial charge is 0.125 e. The van der Waals surface area contributed by atoms with E-state index in [2.05, 4.69) is 26.8 Å². The lowest BCUT2D eigenvalue weighted by atomic mass is 9.84. The third kappa shape index (κ3) is 2.85. The number of aromatic nitrogens is 3. The molecule has 0 spiro atoms. The molecule has 2 aliphatic rings. The average Bonchev–Trinajstić information content (AvgIpc) is 3.13. The fourth-order valence-corrected chi connectivity index (χ4v) is 4.49. The van der Waals surface area contributed by atoms with Gasteiger partial charge in [0.25, 0.3) is 0 Å². The van der Waals surface area contributed by atoms with Gasteiger partial charge in [-0.1, -0.05) is 6.58 Å². The van der Waals surface area contributed by atoms with Gasteiger partial charge in [0.1, 0.15) is 11.9 Å². The Kier molecular flexibility index (Phi) is 4.09. The zero-order valence-corrected chi connectivity index (χ0v) is 15.3. The highest BCUT2D eigenvalue weighted by Gasteiger charge is 2.43. The monoisotopic (exact) mass is 376 g/mol. The maximum absolute atomic E-state index is 14.8. The molecule has 2 unspecified atom stereocenters. The summed E-state index contributed by atoms with van der Waals surface area (Å²) in [5.41, 5.74) is 2.49. The van der Waals surface area contributed by atoms with Crippen LogP contribution in [0.25, 0.3) is 27.6 Å². The van der Waals surface area contributed by atoms with Crippen molar-refractivity contribution in [2.75, 3.05) is 0 Å². The van der Waals surface area contributed by atoms with E-state index in [1.807, 2.05) is 12.1 Å². The van der Waals surface area contributed by atoms with Gasteiger partial charge >= 0.3 is 0 Å². The topological polar surface area (TPSA) is 70.9 Å². The molecule has 5 rings (SSSR count). The van der Waals surface area contributed by atoms with Gasteiger partial charge in [0.2, 0.25) is 0 Å². The number of phenols is 1. The summed E-state index contributed by atoms with van der Waals surface area (Å²) in [7, 11) is 0. The number of piperidine rings is 1. The Morgan fingerprint density at radius 2 is 2.04 bits per heavy atom. The molecule has 2 saturated heterocycles. The van der Waals surface area contributed by atoms with Gasteiger partial charge < -0.3 is 10.4 Å². The fourth-order valence-electron chi connectivity index (χ4n) is 4.49. The molecular weight excluding hydrogens is 355 g/mol. The molecule has 142 valence electrons. The summed E-state index contributed by atoms with van der Waals surface area (Å²) >= 11 is 0. The number of nitrogens with one attached hydrogen (secondary N) is 1. The Bertz CT molecular complexity index is 1050. The molecule has 2 N–H and O–H groups in total. The van der Waals surface area contributed by atoms with E-state index < -0.39 is 6.17 Å². The van der Waals surface area contributed by atoms with Crippen LogP contribution >= 0.6 is 0 Å². The number of nitrogens with zero attached hydrogens (tertiary/aromatic N) is 3. The van der Waals surface area contributed by atoms with Crippen LogP contribution in [0.3, 0.4) is 0 Å². The highest BCUT2D eigenvalue weighted by molar-refractivity contribution is 5.89. The van der Waals surface area contributed by atoms with Crippen LogP contribution in [0.15, 0.2) is 49.6 Å². The highest BCUT2D eigenvalue weighted by atomic mass is 19.1. The minimum Gasteiger partial charge on any atom is -0.507 e. The normalized spacial score (nSPS) is 26.5. The molecule has 2 fully saturated rings. The van der Waals surface area contributed by atoms with E-state index in [0.717, 1.165) is 30.0 Å². The first-order chi connectivity index (χ1) is 13.6. The van der Waals surface area contributed by atoms with Crippen LogP contribution < -0.4 is 5.32 Å². The maximum Gasteiger partial charge on any atom is 0.125 e. The lowest BCUT2D eigenvalue weighted by molar-refractivity contribution is 0.167. The van der Waals surface area contributed by atoms with Crippen molar-refractivity contribution in [1.82, 2.24) is 20.3 Å². The Hall–Kier alpha value is -2.86. The predicted molar refractivity (Wildman–Crippen MR) is 106 cm³/mol. The number of aromatic hydroxyl groups is 1. The van der Waals surface area contributed by atoms with E-state index in [1.54, 1.807) is 30.9 Å². The average molecular weight is 376 g/mol. The zero-order chi connectivity index (χ0) is 19.3. The predicted octanol–water partition coefficient (Wildman–Crippen LogP) is 3.89. The van der Waals surface area contributed by atoms with Crippen molar-refractivity contribution >= 4 is 16.3 Å². The Balaban J connectivity index is 1.43. The van der Waals surface area contributed by atoms with E-state index in [4.69, 9.17) is 0 Å². The molecule has 0 radical (unpaired) electrons. The van der Waals surface area contributed by atoms with Crippen LogP contribution in [-0.2, 0) is 0 Å². The largest absolute Gasteiger partial charge is 0.507 e. The van der Waals surface area contributed by atoms with Gasteiger partial charge in [0.05, 0.1) is 23.8 Å². The molecule has 2 bridgehead atoms. The van der Waals surface area contributed by atoms with Crippen LogP contribution in [0.1, 0.15) is 25.0 Å². The van der Waals surface area contributed by atoms with Gasteiger partial charge in [-0.3, -0.25) is 15.0 Å². The SMILES string of the molecule is C=C(c1cnc(-c2cc3ccncc3cc2O)cn1)[C@H]1CC2CCC(N2)[C@@H]1F. The molecule has 5 nitrogen and oxygen atoms in total. The van der Waals surface area contributed by atoms with Crippen LogP contribution in [-0.4, -0.2) is 38.3 Å². The second-order valence-electron chi connectivity index (χ2n) is 7.74. The fraction of sp³-hybridized carbons (Fsp3) is 0.318. The molecule has 0 aliphatic carbocycles. The lowest BCUT2D eigenvalue weighted by Gasteiger charge is -2.33. The van der Waals surface area contributed by atoms with Crippen molar-refractivity contribution < 1.29 is 9.50 Å². The standard InChI is InChI=1S/C22H21FN4O/c1-12(16-8-15-2-3-18(27-15)22(16)23)19-10-26-20(11-25-19)17-6-13-4-5-24-9-14(13)7-21(17)28/h4-7,9-11,15-16,18,22,27-28H,1-3,8H2/t15?,16-,18?,22-/m1/s1. The number of pyridine rings is 1. The highest BCUT2D eigenvalue weighted by Crippen LogP contribution is 2.39. The van der Waals surface area contributed by atoms with Gasteiger partial charge in [-0.25, -0.2) is 4.39 Å². The van der Waals surface area contributed by atoms with Crippen molar-refractivity contribution in [3.05, 3.63) is 55.3 Å². The molecule has 3 aromatic rings. The lowest BCUT2D eigenvalue weighted by Crippen LogP contribution is -2.47. The van der Waals surface area contributed by atoms with Crippen molar-refractivity contribution in [3.8, 4) is 17.0 Å². The number of alkyl halides is 1. The second kappa shape index (κ2) is 6.63. The minimum absolute atomic E-state index is 0.0724. The molecule has 0 saturated carbocycles. The van der Waals surface area contributed by atoms with Crippen molar-refractivity contribution in [2.24, 2.45) is 5.92 Å². The third-order valence-electron chi connectivity index (χ3n) is 6.04. The Morgan fingerprint density at radius 3 is 2.86 bits per heavy atom. The molecule has 28 heavy (non-hydrogen) atoms.